The van der Waals surface area contributed by atoms with Crippen LogP contribution in [0, 0.1) is 0 Å². The molecule has 0 spiro atoms. The second-order valence-electron chi connectivity index (χ2n) is 4.80. The first kappa shape index (κ1) is 15.7. The fraction of sp³-hybridized carbons (Fsp3) is 0.429. The van der Waals surface area contributed by atoms with Gasteiger partial charge in [-0.25, -0.2) is 0 Å². The van der Waals surface area contributed by atoms with Crippen LogP contribution in [0.4, 0.5) is 5.69 Å². The molecule has 5 heteroatoms. The zero-order chi connectivity index (χ0) is 14.4. The highest BCUT2D eigenvalue weighted by molar-refractivity contribution is 7.81. The maximum Gasteiger partial charge on any atom is 0.225 e. The van der Waals surface area contributed by atoms with Crippen LogP contribution >= 0.6 is 12.6 Å². The van der Waals surface area contributed by atoms with Gasteiger partial charge in [-0.2, -0.15) is 12.6 Å². The van der Waals surface area contributed by atoms with Crippen molar-refractivity contribution >= 4 is 30.0 Å². The predicted molar refractivity (Wildman–Crippen MR) is 81.0 cm³/mol. The molecule has 0 bridgehead atoms. The summed E-state index contributed by atoms with van der Waals surface area (Å²) < 4.78 is 0. The molecule has 1 N–H and O–H groups in total. The van der Waals surface area contributed by atoms with Gasteiger partial charge in [0.05, 0.1) is 0 Å². The van der Waals surface area contributed by atoms with Gasteiger partial charge in [-0.1, -0.05) is 0 Å². The van der Waals surface area contributed by atoms with Crippen molar-refractivity contribution in [3.8, 4) is 0 Å². The molecule has 1 atom stereocenters. The zero-order valence-electron chi connectivity index (χ0n) is 11.5. The van der Waals surface area contributed by atoms with Gasteiger partial charge in [0, 0.05) is 29.5 Å². The smallest absolute Gasteiger partial charge is 0.225 e. The number of carbonyl (C=O) groups is 2. The number of hydrogen-bond donors (Lipinski definition) is 2. The van der Waals surface area contributed by atoms with Crippen molar-refractivity contribution in [2.24, 2.45) is 0 Å². The molecular formula is C14H20N2O2S. The largest absolute Gasteiger partial charge is 0.326 e. The molecule has 19 heavy (non-hydrogen) atoms. The second kappa shape index (κ2) is 7.31. The van der Waals surface area contributed by atoms with Gasteiger partial charge >= 0.3 is 0 Å². The highest BCUT2D eigenvalue weighted by atomic mass is 32.1. The third kappa shape index (κ3) is 5.89. The van der Waals surface area contributed by atoms with Crippen LogP contribution in [-0.2, 0) is 4.79 Å². The number of nitrogens with one attached hydrogen (secondary N) is 1. The number of hydrogen-bond acceptors (Lipinski definition) is 4. The molecule has 0 saturated heterocycles. The molecular weight excluding hydrogens is 260 g/mol. The molecule has 1 aromatic rings. The number of nitrogens with zero attached hydrogens (tertiary/aromatic N) is 1. The number of Topliss-reactive ketones (excluding diaryl/α,β-unsaturated/α-hetero) is 1. The molecule has 0 aliphatic heterocycles. The minimum Gasteiger partial charge on any atom is -0.326 e. The fourth-order valence-electron chi connectivity index (χ4n) is 1.70. The van der Waals surface area contributed by atoms with E-state index in [-0.39, 0.29) is 16.9 Å². The van der Waals surface area contributed by atoms with E-state index < -0.39 is 0 Å². The van der Waals surface area contributed by atoms with Crippen LogP contribution in [0.15, 0.2) is 24.3 Å². The van der Waals surface area contributed by atoms with Crippen molar-refractivity contribution in [2.45, 2.75) is 18.6 Å². The van der Waals surface area contributed by atoms with E-state index in [1.165, 1.54) is 6.92 Å². The Labute approximate surface area is 119 Å². The molecule has 0 aliphatic rings. The first-order chi connectivity index (χ1) is 8.88. The summed E-state index contributed by atoms with van der Waals surface area (Å²) in [6.45, 7) is 2.26. The molecule has 4 nitrogen and oxygen atoms in total. The minimum absolute atomic E-state index is 0.00601. The van der Waals surface area contributed by atoms with Crippen molar-refractivity contribution in [3.05, 3.63) is 29.8 Å². The van der Waals surface area contributed by atoms with Crippen LogP contribution in [0.5, 0.6) is 0 Å². The molecule has 1 rings (SSSR count). The summed E-state index contributed by atoms with van der Waals surface area (Å²) in [4.78, 5) is 24.9. The highest BCUT2D eigenvalue weighted by Crippen LogP contribution is 2.11. The van der Waals surface area contributed by atoms with Crippen molar-refractivity contribution < 1.29 is 9.59 Å². The Morgan fingerprint density at radius 1 is 1.26 bits per heavy atom. The Kier molecular flexibility index (Phi) is 6.05. The predicted octanol–water partition coefficient (Wildman–Crippen LogP) is 2.08. The van der Waals surface area contributed by atoms with Gasteiger partial charge in [-0.05, 0) is 45.3 Å². The van der Waals surface area contributed by atoms with E-state index >= 15 is 0 Å². The first-order valence-corrected chi connectivity index (χ1v) is 6.63. The lowest BCUT2D eigenvalue weighted by Gasteiger charge is -2.15. The number of ketones is 1. The summed E-state index contributed by atoms with van der Waals surface area (Å²) in [5.74, 6) is -0.0586. The summed E-state index contributed by atoms with van der Waals surface area (Å²) in [6.07, 6.45) is 0.357. The molecule has 0 aromatic heterocycles. The van der Waals surface area contributed by atoms with E-state index in [4.69, 9.17) is 0 Å². The number of anilines is 1. The molecule has 1 aromatic carbocycles. The number of amides is 1. The van der Waals surface area contributed by atoms with Gasteiger partial charge in [-0.15, -0.1) is 0 Å². The van der Waals surface area contributed by atoms with E-state index in [2.05, 4.69) is 17.9 Å². The highest BCUT2D eigenvalue weighted by Gasteiger charge is 2.11. The fourth-order valence-corrected chi connectivity index (χ4v) is 2.19. The molecule has 104 valence electrons. The summed E-state index contributed by atoms with van der Waals surface area (Å²) >= 11 is 4.37. The average Bonchev–Trinajstić information content (AvgIpc) is 2.27. The lowest BCUT2D eigenvalue weighted by molar-refractivity contribution is -0.116. The van der Waals surface area contributed by atoms with Gasteiger partial charge < -0.3 is 10.2 Å². The number of rotatable bonds is 6. The lowest BCUT2D eigenvalue weighted by atomic mass is 10.1. The summed E-state index contributed by atoms with van der Waals surface area (Å²) in [5.41, 5.74) is 1.33. The van der Waals surface area contributed by atoms with Crippen molar-refractivity contribution in [3.63, 3.8) is 0 Å². The van der Waals surface area contributed by atoms with E-state index in [0.717, 1.165) is 6.54 Å². The standard InChI is InChI=1S/C14H20N2O2S/c1-10(17)11-4-6-12(7-5-11)15-14(18)8-13(19)9-16(2)3/h4-7,13,19H,8-9H2,1-3H3,(H,15,18). The number of carbonyl (C=O) groups excluding carboxylic acids is 2. The van der Waals surface area contributed by atoms with Crippen LogP contribution in [0.2, 0.25) is 0 Å². The molecule has 1 unspecified atom stereocenters. The topological polar surface area (TPSA) is 49.4 Å². The Hall–Kier alpha value is -1.33. The van der Waals surface area contributed by atoms with Crippen molar-refractivity contribution in [1.29, 1.82) is 0 Å². The molecule has 0 heterocycles. The van der Waals surface area contributed by atoms with Crippen LogP contribution in [-0.4, -0.2) is 42.5 Å². The van der Waals surface area contributed by atoms with Crippen molar-refractivity contribution in [1.82, 2.24) is 4.90 Å². The van der Waals surface area contributed by atoms with Gasteiger partial charge in [0.25, 0.3) is 0 Å². The van der Waals surface area contributed by atoms with E-state index in [9.17, 15) is 9.59 Å². The maximum atomic E-state index is 11.8. The maximum absolute atomic E-state index is 11.8. The molecule has 0 aliphatic carbocycles. The minimum atomic E-state index is -0.0718. The van der Waals surface area contributed by atoms with Gasteiger partial charge in [0.2, 0.25) is 5.91 Å². The number of thiol groups is 1. The second-order valence-corrected chi connectivity index (χ2v) is 5.53. The van der Waals surface area contributed by atoms with E-state index in [0.29, 0.717) is 17.7 Å². The molecule has 0 radical (unpaired) electrons. The zero-order valence-corrected chi connectivity index (χ0v) is 12.4. The van der Waals surface area contributed by atoms with Crippen molar-refractivity contribution in [2.75, 3.05) is 26.0 Å². The Balaban J connectivity index is 2.50. The summed E-state index contributed by atoms with van der Waals surface area (Å²) in [7, 11) is 3.89. The molecule has 0 fully saturated rings. The van der Waals surface area contributed by atoms with Crippen LogP contribution < -0.4 is 5.32 Å². The third-order valence-corrected chi connectivity index (χ3v) is 2.92. The van der Waals surface area contributed by atoms with Gasteiger partial charge in [-0.3, -0.25) is 9.59 Å². The molecule has 1 amide bonds. The SMILES string of the molecule is CC(=O)c1ccc(NC(=O)CC(S)CN(C)C)cc1. The van der Waals surface area contributed by atoms with E-state index in [1.807, 2.05) is 19.0 Å². The van der Waals surface area contributed by atoms with Crippen LogP contribution in [0.1, 0.15) is 23.7 Å². The van der Waals surface area contributed by atoms with Crippen LogP contribution in [0.25, 0.3) is 0 Å². The third-order valence-electron chi connectivity index (χ3n) is 2.57. The monoisotopic (exact) mass is 280 g/mol. The van der Waals surface area contributed by atoms with Crippen LogP contribution in [0.3, 0.4) is 0 Å². The van der Waals surface area contributed by atoms with Gasteiger partial charge in [0.1, 0.15) is 0 Å². The number of benzene rings is 1. The first-order valence-electron chi connectivity index (χ1n) is 6.12. The summed E-state index contributed by atoms with van der Waals surface area (Å²) in [6, 6.07) is 6.87. The Bertz CT molecular complexity index is 443. The lowest BCUT2D eigenvalue weighted by Crippen LogP contribution is -2.26. The Morgan fingerprint density at radius 3 is 2.32 bits per heavy atom. The molecule has 0 saturated carbocycles. The van der Waals surface area contributed by atoms with Gasteiger partial charge in [0.15, 0.2) is 5.78 Å². The summed E-state index contributed by atoms with van der Waals surface area (Å²) in [5, 5.41) is 2.80. The quantitative estimate of drug-likeness (QED) is 0.619. The van der Waals surface area contributed by atoms with E-state index in [1.54, 1.807) is 24.3 Å². The normalized spacial score (nSPS) is 12.3. The average molecular weight is 280 g/mol. The Morgan fingerprint density at radius 2 is 1.84 bits per heavy atom.